The average molecular weight is 238 g/mol. The molecule has 3 nitrogen and oxygen atoms in total. The number of pyridine rings is 1. The normalized spacial score (nSPS) is 10.9. The predicted molar refractivity (Wildman–Crippen MR) is 71.7 cm³/mol. The highest BCUT2D eigenvalue weighted by Gasteiger charge is 2.06. The minimum absolute atomic E-state index is 0.203. The molecule has 0 unspecified atom stereocenters. The SMILES string of the molecule is CCc1ccc(-c2cn3cccc(O)c3n2)cc1. The van der Waals surface area contributed by atoms with Crippen LogP contribution in [0.4, 0.5) is 0 Å². The van der Waals surface area contributed by atoms with E-state index < -0.39 is 0 Å². The topological polar surface area (TPSA) is 37.5 Å². The summed E-state index contributed by atoms with van der Waals surface area (Å²) in [5, 5.41) is 9.73. The average Bonchev–Trinajstić information content (AvgIpc) is 2.84. The molecule has 18 heavy (non-hydrogen) atoms. The number of hydrogen-bond acceptors (Lipinski definition) is 2. The van der Waals surface area contributed by atoms with Crippen molar-refractivity contribution in [3.8, 4) is 17.0 Å². The van der Waals surface area contributed by atoms with E-state index in [1.807, 2.05) is 16.8 Å². The summed E-state index contributed by atoms with van der Waals surface area (Å²) in [6.45, 7) is 2.14. The van der Waals surface area contributed by atoms with Gasteiger partial charge < -0.3 is 9.51 Å². The van der Waals surface area contributed by atoms with Crippen molar-refractivity contribution in [2.75, 3.05) is 0 Å². The molecule has 0 saturated heterocycles. The van der Waals surface area contributed by atoms with E-state index >= 15 is 0 Å². The molecule has 3 heteroatoms. The Hall–Kier alpha value is -2.29. The molecule has 0 aliphatic carbocycles. The quantitative estimate of drug-likeness (QED) is 0.744. The summed E-state index contributed by atoms with van der Waals surface area (Å²) in [5.41, 5.74) is 3.84. The Kier molecular flexibility index (Phi) is 2.52. The van der Waals surface area contributed by atoms with Crippen molar-refractivity contribution in [1.29, 1.82) is 0 Å². The highest BCUT2D eigenvalue weighted by Crippen LogP contribution is 2.23. The maximum Gasteiger partial charge on any atom is 0.180 e. The first-order chi connectivity index (χ1) is 8.78. The van der Waals surface area contributed by atoms with Crippen molar-refractivity contribution in [3.05, 3.63) is 54.4 Å². The number of rotatable bonds is 2. The highest BCUT2D eigenvalue weighted by molar-refractivity contribution is 5.65. The molecular weight excluding hydrogens is 224 g/mol. The first-order valence-electron chi connectivity index (χ1n) is 6.04. The summed E-state index contributed by atoms with van der Waals surface area (Å²) in [6.07, 6.45) is 4.84. The highest BCUT2D eigenvalue weighted by atomic mass is 16.3. The zero-order valence-corrected chi connectivity index (χ0v) is 10.2. The molecule has 1 aromatic carbocycles. The van der Waals surface area contributed by atoms with Crippen molar-refractivity contribution in [1.82, 2.24) is 9.38 Å². The molecule has 0 bridgehead atoms. The molecule has 0 aliphatic heterocycles. The van der Waals surface area contributed by atoms with E-state index in [0.29, 0.717) is 5.65 Å². The molecule has 0 amide bonds. The van der Waals surface area contributed by atoms with Gasteiger partial charge >= 0.3 is 0 Å². The fourth-order valence-corrected chi connectivity index (χ4v) is 2.05. The summed E-state index contributed by atoms with van der Waals surface area (Å²) in [4.78, 5) is 4.45. The van der Waals surface area contributed by atoms with Crippen molar-refractivity contribution in [2.24, 2.45) is 0 Å². The summed E-state index contributed by atoms with van der Waals surface area (Å²) in [7, 11) is 0. The molecule has 3 rings (SSSR count). The maximum atomic E-state index is 9.73. The van der Waals surface area contributed by atoms with Crippen LogP contribution in [-0.2, 0) is 6.42 Å². The molecule has 90 valence electrons. The first kappa shape index (κ1) is 10.8. The van der Waals surface area contributed by atoms with Gasteiger partial charge in [-0.15, -0.1) is 0 Å². The number of hydrogen-bond donors (Lipinski definition) is 1. The molecule has 1 N–H and O–H groups in total. The molecule has 0 fully saturated rings. The molecule has 0 aliphatic rings. The van der Waals surface area contributed by atoms with E-state index in [0.717, 1.165) is 17.7 Å². The van der Waals surface area contributed by atoms with E-state index in [1.165, 1.54) is 5.56 Å². The Morgan fingerprint density at radius 1 is 1.17 bits per heavy atom. The number of aryl methyl sites for hydroxylation is 1. The molecular formula is C15H14N2O. The number of nitrogens with zero attached hydrogens (tertiary/aromatic N) is 2. The molecule has 0 radical (unpaired) electrons. The predicted octanol–water partition coefficient (Wildman–Crippen LogP) is 3.27. The maximum absolute atomic E-state index is 9.73. The third kappa shape index (κ3) is 1.74. The van der Waals surface area contributed by atoms with E-state index in [4.69, 9.17) is 0 Å². The van der Waals surface area contributed by atoms with Crippen LogP contribution in [0, 0.1) is 0 Å². The van der Waals surface area contributed by atoms with Gasteiger partial charge in [0.05, 0.1) is 5.69 Å². The Morgan fingerprint density at radius 3 is 2.61 bits per heavy atom. The van der Waals surface area contributed by atoms with E-state index in [-0.39, 0.29) is 5.75 Å². The smallest absolute Gasteiger partial charge is 0.180 e. The third-order valence-corrected chi connectivity index (χ3v) is 3.12. The van der Waals surface area contributed by atoms with Gasteiger partial charge in [-0.25, -0.2) is 4.98 Å². The number of aromatic nitrogens is 2. The lowest BCUT2D eigenvalue weighted by molar-refractivity contribution is 0.477. The summed E-state index contributed by atoms with van der Waals surface area (Å²) in [5.74, 6) is 0.203. The van der Waals surface area contributed by atoms with Gasteiger partial charge in [-0.2, -0.15) is 0 Å². The van der Waals surface area contributed by atoms with Crippen LogP contribution in [0.15, 0.2) is 48.8 Å². The van der Waals surface area contributed by atoms with Crippen LogP contribution in [-0.4, -0.2) is 14.5 Å². The van der Waals surface area contributed by atoms with Gasteiger partial charge in [-0.1, -0.05) is 31.2 Å². The van der Waals surface area contributed by atoms with Crippen LogP contribution in [0.25, 0.3) is 16.9 Å². The molecule has 0 saturated carbocycles. The lowest BCUT2D eigenvalue weighted by Gasteiger charge is -1.98. The molecule has 0 atom stereocenters. The second kappa shape index (κ2) is 4.18. The van der Waals surface area contributed by atoms with Crippen LogP contribution in [0.1, 0.15) is 12.5 Å². The molecule has 0 spiro atoms. The van der Waals surface area contributed by atoms with E-state index in [9.17, 15) is 5.11 Å². The second-order valence-corrected chi connectivity index (χ2v) is 4.30. The van der Waals surface area contributed by atoms with Gasteiger partial charge in [-0.3, -0.25) is 0 Å². The standard InChI is InChI=1S/C15H14N2O/c1-2-11-5-7-12(8-6-11)13-10-17-9-3-4-14(18)15(17)16-13/h3-10,18H,2H2,1H3. The van der Waals surface area contributed by atoms with E-state index in [2.05, 4.69) is 36.2 Å². The minimum atomic E-state index is 0.203. The number of aromatic hydroxyl groups is 1. The van der Waals surface area contributed by atoms with E-state index in [1.54, 1.807) is 12.1 Å². The first-order valence-corrected chi connectivity index (χ1v) is 6.04. The number of fused-ring (bicyclic) bond motifs is 1. The van der Waals surface area contributed by atoms with Gasteiger partial charge in [0.15, 0.2) is 11.4 Å². The molecule has 2 heterocycles. The van der Waals surface area contributed by atoms with Gasteiger partial charge in [0.25, 0.3) is 0 Å². The van der Waals surface area contributed by atoms with Gasteiger partial charge in [0, 0.05) is 18.0 Å². The Morgan fingerprint density at radius 2 is 1.94 bits per heavy atom. The fraction of sp³-hybridized carbons (Fsp3) is 0.133. The monoisotopic (exact) mass is 238 g/mol. The van der Waals surface area contributed by atoms with Crippen molar-refractivity contribution < 1.29 is 5.11 Å². The Labute approximate surface area is 105 Å². The third-order valence-electron chi connectivity index (χ3n) is 3.12. The Bertz CT molecular complexity index is 683. The van der Waals surface area contributed by atoms with Gasteiger partial charge in [0.1, 0.15) is 0 Å². The van der Waals surface area contributed by atoms with Crippen LogP contribution >= 0.6 is 0 Å². The van der Waals surface area contributed by atoms with Gasteiger partial charge in [-0.05, 0) is 24.1 Å². The Balaban J connectivity index is 2.10. The minimum Gasteiger partial charge on any atom is -0.504 e. The summed E-state index contributed by atoms with van der Waals surface area (Å²) >= 11 is 0. The van der Waals surface area contributed by atoms with Crippen LogP contribution in [0.3, 0.4) is 0 Å². The largest absolute Gasteiger partial charge is 0.504 e. The van der Waals surface area contributed by atoms with Crippen LogP contribution in [0.5, 0.6) is 5.75 Å². The zero-order valence-electron chi connectivity index (χ0n) is 10.2. The lowest BCUT2D eigenvalue weighted by Crippen LogP contribution is -1.81. The van der Waals surface area contributed by atoms with Crippen LogP contribution in [0.2, 0.25) is 0 Å². The number of benzene rings is 1. The summed E-state index contributed by atoms with van der Waals surface area (Å²) < 4.78 is 1.83. The van der Waals surface area contributed by atoms with Gasteiger partial charge in [0.2, 0.25) is 0 Å². The second-order valence-electron chi connectivity index (χ2n) is 4.30. The fourth-order valence-electron chi connectivity index (χ4n) is 2.05. The van der Waals surface area contributed by atoms with Crippen molar-refractivity contribution in [2.45, 2.75) is 13.3 Å². The van der Waals surface area contributed by atoms with Crippen molar-refractivity contribution in [3.63, 3.8) is 0 Å². The lowest BCUT2D eigenvalue weighted by atomic mass is 10.1. The zero-order chi connectivity index (χ0) is 12.5. The van der Waals surface area contributed by atoms with Crippen LogP contribution < -0.4 is 0 Å². The number of imidazole rings is 1. The molecule has 2 aromatic heterocycles. The summed E-state index contributed by atoms with van der Waals surface area (Å²) in [6, 6.07) is 11.8. The molecule has 3 aromatic rings. The van der Waals surface area contributed by atoms with Crippen molar-refractivity contribution >= 4 is 5.65 Å².